The van der Waals surface area contributed by atoms with Crippen LogP contribution in [0.15, 0.2) is 29.0 Å². The molecule has 0 fully saturated rings. The van der Waals surface area contributed by atoms with Crippen LogP contribution in [0.4, 0.5) is 10.2 Å². The summed E-state index contributed by atoms with van der Waals surface area (Å²) in [6, 6.07) is 4.18. The molecule has 0 amide bonds. The number of ether oxygens (including phenoxy) is 1. The van der Waals surface area contributed by atoms with Gasteiger partial charge in [0.15, 0.2) is 0 Å². The number of halogens is 2. The number of hydrogen-bond donors (Lipinski definition) is 1. The molecule has 0 atom stereocenters. The number of hydrogen-bond acceptors (Lipinski definition) is 4. The number of nitrogen functional groups attached to an aromatic ring is 1. The average molecular weight is 326 g/mol. The van der Waals surface area contributed by atoms with Crippen molar-refractivity contribution in [3.05, 3.63) is 40.4 Å². The number of nitrogens with two attached hydrogens (primary N) is 1. The molecule has 2 rings (SSSR count). The fourth-order valence-electron chi connectivity index (χ4n) is 1.68. The highest BCUT2D eigenvalue weighted by molar-refractivity contribution is 9.10. The van der Waals surface area contributed by atoms with Crippen molar-refractivity contribution in [3.8, 4) is 11.6 Å². The average Bonchev–Trinajstić information content (AvgIpc) is 2.32. The van der Waals surface area contributed by atoms with Gasteiger partial charge in [0.2, 0.25) is 5.88 Å². The van der Waals surface area contributed by atoms with Gasteiger partial charge in [0.05, 0.1) is 10.0 Å². The van der Waals surface area contributed by atoms with Crippen molar-refractivity contribution in [1.29, 1.82) is 0 Å². The summed E-state index contributed by atoms with van der Waals surface area (Å²) < 4.78 is 19.2. The SMILES string of the molecule is CC(C)c1c(N)ncnc1Oc1ccc(F)cc1Br. The first kappa shape index (κ1) is 13.7. The first-order chi connectivity index (χ1) is 8.99. The highest BCUT2D eigenvalue weighted by Crippen LogP contribution is 2.34. The van der Waals surface area contributed by atoms with Gasteiger partial charge in [-0.1, -0.05) is 13.8 Å². The molecule has 2 aromatic rings. The van der Waals surface area contributed by atoms with Gasteiger partial charge >= 0.3 is 0 Å². The Morgan fingerprint density at radius 2 is 2.05 bits per heavy atom. The van der Waals surface area contributed by atoms with Crippen LogP contribution >= 0.6 is 15.9 Å². The van der Waals surface area contributed by atoms with Crippen LogP contribution in [-0.4, -0.2) is 9.97 Å². The standard InChI is InChI=1S/C13H13BrFN3O/c1-7(2)11-12(16)17-6-18-13(11)19-10-4-3-8(15)5-9(10)14/h3-7H,1-2H3,(H2,16,17,18). The normalized spacial score (nSPS) is 10.8. The van der Waals surface area contributed by atoms with E-state index in [1.54, 1.807) is 0 Å². The van der Waals surface area contributed by atoms with Crippen LogP contribution in [0.5, 0.6) is 11.6 Å². The number of benzene rings is 1. The van der Waals surface area contributed by atoms with E-state index in [4.69, 9.17) is 10.5 Å². The lowest BCUT2D eigenvalue weighted by Crippen LogP contribution is -2.04. The maximum absolute atomic E-state index is 13.0. The zero-order valence-corrected chi connectivity index (χ0v) is 12.1. The summed E-state index contributed by atoms with van der Waals surface area (Å²) in [6.45, 7) is 3.95. The van der Waals surface area contributed by atoms with Crippen molar-refractivity contribution in [1.82, 2.24) is 9.97 Å². The van der Waals surface area contributed by atoms with Crippen LogP contribution in [0.2, 0.25) is 0 Å². The van der Waals surface area contributed by atoms with Gasteiger partial charge in [-0.25, -0.2) is 14.4 Å². The van der Waals surface area contributed by atoms with Crippen molar-refractivity contribution in [2.75, 3.05) is 5.73 Å². The van der Waals surface area contributed by atoms with E-state index in [2.05, 4.69) is 25.9 Å². The molecule has 0 spiro atoms. The number of rotatable bonds is 3. The zero-order valence-electron chi connectivity index (χ0n) is 10.5. The smallest absolute Gasteiger partial charge is 0.227 e. The molecule has 0 aliphatic heterocycles. The Kier molecular flexibility index (Phi) is 3.99. The molecule has 100 valence electrons. The predicted octanol–water partition coefficient (Wildman–Crippen LogP) is 3.88. The zero-order chi connectivity index (χ0) is 14.0. The molecule has 1 aromatic carbocycles. The second-order valence-electron chi connectivity index (χ2n) is 4.31. The second kappa shape index (κ2) is 5.52. The van der Waals surface area contributed by atoms with Crippen molar-refractivity contribution in [3.63, 3.8) is 0 Å². The Labute approximate surface area is 119 Å². The van der Waals surface area contributed by atoms with Crippen LogP contribution in [0.25, 0.3) is 0 Å². The number of anilines is 1. The third kappa shape index (κ3) is 3.01. The molecule has 0 radical (unpaired) electrons. The van der Waals surface area contributed by atoms with E-state index in [1.807, 2.05) is 13.8 Å². The van der Waals surface area contributed by atoms with Crippen molar-refractivity contribution in [2.45, 2.75) is 19.8 Å². The minimum atomic E-state index is -0.342. The van der Waals surface area contributed by atoms with Gasteiger partial charge < -0.3 is 10.5 Å². The molecule has 0 saturated heterocycles. The predicted molar refractivity (Wildman–Crippen MR) is 74.7 cm³/mol. The van der Waals surface area contributed by atoms with E-state index in [0.717, 1.165) is 5.56 Å². The summed E-state index contributed by atoms with van der Waals surface area (Å²) >= 11 is 3.25. The fraction of sp³-hybridized carbons (Fsp3) is 0.231. The molecule has 0 aliphatic carbocycles. The van der Waals surface area contributed by atoms with Gasteiger partial charge in [0.25, 0.3) is 0 Å². The van der Waals surface area contributed by atoms with Crippen LogP contribution in [0.3, 0.4) is 0 Å². The quantitative estimate of drug-likeness (QED) is 0.930. The molecule has 6 heteroatoms. The topological polar surface area (TPSA) is 61.0 Å². The number of aromatic nitrogens is 2. The van der Waals surface area contributed by atoms with Gasteiger partial charge in [0, 0.05) is 0 Å². The Bertz CT molecular complexity index is 604. The second-order valence-corrected chi connectivity index (χ2v) is 5.16. The molecule has 0 unspecified atom stereocenters. The largest absolute Gasteiger partial charge is 0.437 e. The molecular weight excluding hydrogens is 313 g/mol. The van der Waals surface area contributed by atoms with E-state index in [1.165, 1.54) is 24.5 Å². The molecule has 1 aromatic heterocycles. The van der Waals surface area contributed by atoms with E-state index >= 15 is 0 Å². The fourth-order valence-corrected chi connectivity index (χ4v) is 2.11. The third-order valence-electron chi connectivity index (χ3n) is 2.56. The molecule has 19 heavy (non-hydrogen) atoms. The van der Waals surface area contributed by atoms with Crippen molar-refractivity contribution < 1.29 is 9.13 Å². The van der Waals surface area contributed by atoms with Crippen molar-refractivity contribution >= 4 is 21.7 Å². The summed E-state index contributed by atoms with van der Waals surface area (Å²) in [5.74, 6) is 1.02. The third-order valence-corrected chi connectivity index (χ3v) is 3.18. The molecule has 0 aliphatic rings. The van der Waals surface area contributed by atoms with Gasteiger partial charge in [-0.3, -0.25) is 0 Å². The Hall–Kier alpha value is -1.69. The summed E-state index contributed by atoms with van der Waals surface area (Å²) in [6.07, 6.45) is 1.34. The summed E-state index contributed by atoms with van der Waals surface area (Å²) in [7, 11) is 0. The Balaban J connectivity index is 2.41. The maximum Gasteiger partial charge on any atom is 0.227 e. The highest BCUT2D eigenvalue weighted by Gasteiger charge is 2.16. The summed E-state index contributed by atoms with van der Waals surface area (Å²) in [5, 5.41) is 0. The molecule has 0 saturated carbocycles. The van der Waals surface area contributed by atoms with E-state index in [9.17, 15) is 4.39 Å². The van der Waals surface area contributed by atoms with Crippen molar-refractivity contribution in [2.24, 2.45) is 0 Å². The summed E-state index contributed by atoms with van der Waals surface area (Å²) in [5.41, 5.74) is 6.57. The van der Waals surface area contributed by atoms with Crippen LogP contribution < -0.4 is 10.5 Å². The van der Waals surface area contributed by atoms with E-state index in [0.29, 0.717) is 21.9 Å². The van der Waals surface area contributed by atoms with Gasteiger partial charge in [-0.05, 0) is 40.0 Å². The first-order valence-electron chi connectivity index (χ1n) is 5.72. The summed E-state index contributed by atoms with van der Waals surface area (Å²) in [4.78, 5) is 8.05. The molecule has 1 heterocycles. The van der Waals surface area contributed by atoms with Crippen LogP contribution in [-0.2, 0) is 0 Å². The molecule has 2 N–H and O–H groups in total. The minimum Gasteiger partial charge on any atom is -0.437 e. The van der Waals surface area contributed by atoms with E-state index in [-0.39, 0.29) is 11.7 Å². The highest BCUT2D eigenvalue weighted by atomic mass is 79.9. The lowest BCUT2D eigenvalue weighted by molar-refractivity contribution is 0.447. The van der Waals surface area contributed by atoms with Gasteiger partial charge in [-0.2, -0.15) is 0 Å². The lowest BCUT2D eigenvalue weighted by atomic mass is 10.1. The van der Waals surface area contributed by atoms with Gasteiger partial charge in [-0.15, -0.1) is 0 Å². The first-order valence-corrected chi connectivity index (χ1v) is 6.51. The lowest BCUT2D eigenvalue weighted by Gasteiger charge is -2.14. The van der Waals surface area contributed by atoms with E-state index < -0.39 is 0 Å². The van der Waals surface area contributed by atoms with Crippen LogP contribution in [0.1, 0.15) is 25.3 Å². The molecule has 0 bridgehead atoms. The van der Waals surface area contributed by atoms with Crippen LogP contribution in [0, 0.1) is 5.82 Å². The Morgan fingerprint density at radius 1 is 1.32 bits per heavy atom. The molecule has 4 nitrogen and oxygen atoms in total. The monoisotopic (exact) mass is 325 g/mol. The minimum absolute atomic E-state index is 0.121. The number of nitrogens with zero attached hydrogens (tertiary/aromatic N) is 2. The maximum atomic E-state index is 13.0. The Morgan fingerprint density at radius 3 is 2.68 bits per heavy atom. The van der Waals surface area contributed by atoms with Gasteiger partial charge in [0.1, 0.15) is 23.7 Å². The molecular formula is C13H13BrFN3O.